The summed E-state index contributed by atoms with van der Waals surface area (Å²) in [6, 6.07) is 15.1. The number of nitrogens with two attached hydrogens (primary N) is 1. The van der Waals surface area contributed by atoms with E-state index in [0.29, 0.717) is 33.9 Å². The molecule has 1 aromatic heterocycles. The Balaban J connectivity index is 2.23. The average Bonchev–Trinajstić information content (AvgIpc) is 2.67. The molecule has 0 aliphatic heterocycles. The SMILES string of the molecule is COc1cc(OC)cc(-c2cc(-c3ccc(F)cc3)nc(N)c2C#N)c1. The molecular weight excluding hydrogens is 333 g/mol. The molecule has 3 aromatic rings. The molecule has 5 nitrogen and oxygen atoms in total. The number of hydrogen-bond acceptors (Lipinski definition) is 5. The van der Waals surface area contributed by atoms with Crippen LogP contribution in [0.4, 0.5) is 10.2 Å². The lowest BCUT2D eigenvalue weighted by atomic mass is 9.98. The zero-order chi connectivity index (χ0) is 18.7. The van der Waals surface area contributed by atoms with Gasteiger partial charge >= 0.3 is 0 Å². The van der Waals surface area contributed by atoms with Crippen LogP contribution >= 0.6 is 0 Å². The molecule has 26 heavy (non-hydrogen) atoms. The normalized spacial score (nSPS) is 10.2. The lowest BCUT2D eigenvalue weighted by Gasteiger charge is -2.13. The van der Waals surface area contributed by atoms with Crippen molar-refractivity contribution in [3.8, 4) is 40.0 Å². The van der Waals surface area contributed by atoms with Crippen LogP contribution < -0.4 is 15.2 Å². The Kier molecular flexibility index (Phi) is 4.72. The van der Waals surface area contributed by atoms with E-state index < -0.39 is 0 Å². The number of halogens is 1. The highest BCUT2D eigenvalue weighted by atomic mass is 19.1. The number of hydrogen-bond donors (Lipinski definition) is 1. The molecule has 0 saturated carbocycles. The molecule has 0 unspecified atom stereocenters. The number of nitrogens with zero attached hydrogens (tertiary/aromatic N) is 2. The highest BCUT2D eigenvalue weighted by Crippen LogP contribution is 2.35. The van der Waals surface area contributed by atoms with Crippen molar-refractivity contribution in [2.45, 2.75) is 0 Å². The van der Waals surface area contributed by atoms with Gasteiger partial charge in [-0.05, 0) is 48.0 Å². The van der Waals surface area contributed by atoms with Crippen molar-refractivity contribution in [3.63, 3.8) is 0 Å². The molecule has 0 radical (unpaired) electrons. The summed E-state index contributed by atoms with van der Waals surface area (Å²) in [7, 11) is 3.10. The van der Waals surface area contributed by atoms with Gasteiger partial charge in [0.2, 0.25) is 0 Å². The van der Waals surface area contributed by atoms with Crippen LogP contribution in [0.1, 0.15) is 5.56 Å². The minimum atomic E-state index is -0.340. The second-order valence-electron chi connectivity index (χ2n) is 5.54. The number of aromatic nitrogens is 1. The van der Waals surface area contributed by atoms with Crippen molar-refractivity contribution >= 4 is 5.82 Å². The maximum atomic E-state index is 13.2. The summed E-state index contributed by atoms with van der Waals surface area (Å²) < 4.78 is 23.8. The van der Waals surface area contributed by atoms with Crippen molar-refractivity contribution in [1.82, 2.24) is 4.98 Å². The first-order valence-corrected chi connectivity index (χ1v) is 7.75. The van der Waals surface area contributed by atoms with E-state index in [1.54, 1.807) is 50.6 Å². The van der Waals surface area contributed by atoms with Gasteiger partial charge in [-0.15, -0.1) is 0 Å². The van der Waals surface area contributed by atoms with Crippen molar-refractivity contribution in [1.29, 1.82) is 5.26 Å². The molecule has 0 fully saturated rings. The zero-order valence-electron chi connectivity index (χ0n) is 14.3. The van der Waals surface area contributed by atoms with Gasteiger partial charge in [0.05, 0.1) is 19.9 Å². The van der Waals surface area contributed by atoms with Crippen LogP contribution in [-0.2, 0) is 0 Å². The summed E-state index contributed by atoms with van der Waals surface area (Å²) in [6.07, 6.45) is 0. The van der Waals surface area contributed by atoms with Gasteiger partial charge in [-0.1, -0.05) is 0 Å². The third-order valence-electron chi connectivity index (χ3n) is 3.96. The third kappa shape index (κ3) is 3.28. The quantitative estimate of drug-likeness (QED) is 0.769. The van der Waals surface area contributed by atoms with E-state index in [1.807, 2.05) is 0 Å². The smallest absolute Gasteiger partial charge is 0.142 e. The minimum Gasteiger partial charge on any atom is -0.497 e. The van der Waals surface area contributed by atoms with Crippen molar-refractivity contribution < 1.29 is 13.9 Å². The van der Waals surface area contributed by atoms with E-state index in [4.69, 9.17) is 15.2 Å². The fraction of sp³-hybridized carbons (Fsp3) is 0.100. The van der Waals surface area contributed by atoms with E-state index in [1.165, 1.54) is 12.1 Å². The van der Waals surface area contributed by atoms with Crippen LogP contribution in [0.25, 0.3) is 22.4 Å². The van der Waals surface area contributed by atoms with Gasteiger partial charge in [-0.25, -0.2) is 9.37 Å². The highest BCUT2D eigenvalue weighted by molar-refractivity contribution is 5.81. The number of rotatable bonds is 4. The Morgan fingerprint density at radius 1 is 0.962 bits per heavy atom. The lowest BCUT2D eigenvalue weighted by molar-refractivity contribution is 0.394. The Bertz CT molecular complexity index is 973. The maximum absolute atomic E-state index is 13.2. The van der Waals surface area contributed by atoms with Crippen LogP contribution in [0.3, 0.4) is 0 Å². The molecule has 3 rings (SSSR count). The number of benzene rings is 2. The first kappa shape index (κ1) is 17.2. The number of ether oxygens (including phenoxy) is 2. The van der Waals surface area contributed by atoms with E-state index >= 15 is 0 Å². The standard InChI is InChI=1S/C20H16FN3O2/c1-25-15-7-13(8-16(9-15)26-2)17-10-19(24-20(23)18(17)11-22)12-3-5-14(21)6-4-12/h3-10H,1-2H3,(H2,23,24). The second-order valence-corrected chi connectivity index (χ2v) is 5.54. The van der Waals surface area contributed by atoms with E-state index in [0.717, 1.165) is 0 Å². The fourth-order valence-electron chi connectivity index (χ4n) is 2.64. The van der Waals surface area contributed by atoms with Crippen molar-refractivity contribution in [2.24, 2.45) is 0 Å². The van der Waals surface area contributed by atoms with E-state index in [-0.39, 0.29) is 17.2 Å². The van der Waals surface area contributed by atoms with Gasteiger partial charge < -0.3 is 15.2 Å². The van der Waals surface area contributed by atoms with Crippen LogP contribution in [0.15, 0.2) is 48.5 Å². The van der Waals surface area contributed by atoms with E-state index in [9.17, 15) is 9.65 Å². The molecule has 0 amide bonds. The van der Waals surface area contributed by atoms with Crippen LogP contribution in [-0.4, -0.2) is 19.2 Å². The Morgan fingerprint density at radius 3 is 2.12 bits per heavy atom. The van der Waals surface area contributed by atoms with Gasteiger partial charge in [0.1, 0.15) is 34.8 Å². The number of nitriles is 1. The minimum absolute atomic E-state index is 0.103. The van der Waals surface area contributed by atoms with E-state index in [2.05, 4.69) is 11.1 Å². The number of methoxy groups -OCH3 is 2. The summed E-state index contributed by atoms with van der Waals surface area (Å²) in [5.41, 5.74) is 8.80. The fourth-order valence-corrected chi connectivity index (χ4v) is 2.64. The largest absolute Gasteiger partial charge is 0.497 e. The summed E-state index contributed by atoms with van der Waals surface area (Å²) >= 11 is 0. The molecule has 2 N–H and O–H groups in total. The van der Waals surface area contributed by atoms with Crippen molar-refractivity contribution in [3.05, 3.63) is 59.9 Å². The molecular formula is C20H16FN3O2. The summed E-state index contributed by atoms with van der Waals surface area (Å²) in [5.74, 6) is 0.933. The van der Waals surface area contributed by atoms with Crippen LogP contribution in [0, 0.1) is 17.1 Å². The molecule has 130 valence electrons. The van der Waals surface area contributed by atoms with Gasteiger partial charge in [-0.2, -0.15) is 5.26 Å². The second kappa shape index (κ2) is 7.11. The Hall–Kier alpha value is -3.59. The maximum Gasteiger partial charge on any atom is 0.142 e. The van der Waals surface area contributed by atoms with Crippen molar-refractivity contribution in [2.75, 3.05) is 20.0 Å². The highest BCUT2D eigenvalue weighted by Gasteiger charge is 2.15. The van der Waals surface area contributed by atoms with Crippen LogP contribution in [0.5, 0.6) is 11.5 Å². The first-order chi connectivity index (χ1) is 12.5. The average molecular weight is 349 g/mol. The predicted octanol–water partition coefficient (Wildman–Crippen LogP) is 4.03. The number of nitrogen functional groups attached to an aromatic ring is 1. The molecule has 6 heteroatoms. The Labute approximate surface area is 150 Å². The Morgan fingerprint density at radius 2 is 1.58 bits per heavy atom. The lowest BCUT2D eigenvalue weighted by Crippen LogP contribution is -2.00. The summed E-state index contributed by atoms with van der Waals surface area (Å²) in [5, 5.41) is 9.53. The number of anilines is 1. The van der Waals surface area contributed by atoms with Gasteiger partial charge in [-0.3, -0.25) is 0 Å². The van der Waals surface area contributed by atoms with Crippen LogP contribution in [0.2, 0.25) is 0 Å². The van der Waals surface area contributed by atoms with Gasteiger partial charge in [0, 0.05) is 17.2 Å². The van der Waals surface area contributed by atoms with Gasteiger partial charge in [0.15, 0.2) is 0 Å². The molecule has 0 atom stereocenters. The number of pyridine rings is 1. The molecule has 0 aliphatic carbocycles. The molecule has 2 aromatic carbocycles. The topological polar surface area (TPSA) is 81.2 Å². The predicted molar refractivity (Wildman–Crippen MR) is 97.3 cm³/mol. The molecule has 0 saturated heterocycles. The molecule has 0 spiro atoms. The molecule has 1 heterocycles. The zero-order valence-corrected chi connectivity index (χ0v) is 14.3. The third-order valence-corrected chi connectivity index (χ3v) is 3.96. The molecule has 0 bridgehead atoms. The summed E-state index contributed by atoms with van der Waals surface area (Å²) in [4.78, 5) is 4.29. The van der Waals surface area contributed by atoms with Gasteiger partial charge in [0.25, 0.3) is 0 Å². The summed E-state index contributed by atoms with van der Waals surface area (Å²) in [6.45, 7) is 0. The molecule has 0 aliphatic rings. The monoisotopic (exact) mass is 349 g/mol. The first-order valence-electron chi connectivity index (χ1n) is 7.75.